The first kappa shape index (κ1) is 15.8. The molecule has 1 fully saturated rings. The maximum atomic E-state index is 9.64. The molecule has 0 aromatic rings. The lowest BCUT2D eigenvalue weighted by Crippen LogP contribution is -2.40. The Balaban J connectivity index is 2.06. The predicted molar refractivity (Wildman–Crippen MR) is 66.2 cm³/mol. The highest BCUT2D eigenvalue weighted by Gasteiger charge is 2.23. The molecule has 0 aliphatic carbocycles. The second-order valence-corrected chi connectivity index (χ2v) is 4.77. The minimum Gasteiger partial charge on any atom is -0.396 e. The lowest BCUT2D eigenvalue weighted by atomic mass is 10.0. The van der Waals surface area contributed by atoms with E-state index in [0.29, 0.717) is 13.0 Å². The van der Waals surface area contributed by atoms with E-state index in [0.717, 1.165) is 26.0 Å². The summed E-state index contributed by atoms with van der Waals surface area (Å²) in [6.07, 6.45) is -0.424. The summed E-state index contributed by atoms with van der Waals surface area (Å²) >= 11 is 0. The van der Waals surface area contributed by atoms with Crippen molar-refractivity contribution in [2.75, 3.05) is 26.3 Å². The summed E-state index contributed by atoms with van der Waals surface area (Å²) in [5.74, 6) is 0. The Morgan fingerprint density at radius 2 is 1.89 bits per heavy atom. The van der Waals surface area contributed by atoms with Crippen molar-refractivity contribution in [3.63, 3.8) is 0 Å². The largest absolute Gasteiger partial charge is 0.396 e. The van der Waals surface area contributed by atoms with Crippen LogP contribution in [0.1, 0.15) is 25.7 Å². The van der Waals surface area contributed by atoms with Crippen LogP contribution in [0.15, 0.2) is 0 Å². The lowest BCUT2D eigenvalue weighted by Gasteiger charge is -2.22. The van der Waals surface area contributed by atoms with Crippen LogP contribution in [0.4, 0.5) is 0 Å². The summed E-state index contributed by atoms with van der Waals surface area (Å²) in [6, 6.07) is 0. The van der Waals surface area contributed by atoms with E-state index < -0.39 is 18.3 Å². The first-order chi connectivity index (χ1) is 8.65. The highest BCUT2D eigenvalue weighted by atomic mass is 16.5. The van der Waals surface area contributed by atoms with Crippen LogP contribution in [0.3, 0.4) is 0 Å². The summed E-state index contributed by atoms with van der Waals surface area (Å²) in [5, 5.41) is 40.4. The molecule has 108 valence electrons. The molecule has 4 atom stereocenters. The first-order valence-corrected chi connectivity index (χ1v) is 6.62. The second-order valence-electron chi connectivity index (χ2n) is 4.77. The maximum Gasteiger partial charge on any atom is 0.106 e. The van der Waals surface area contributed by atoms with E-state index in [2.05, 4.69) is 5.32 Å². The van der Waals surface area contributed by atoms with E-state index in [1.54, 1.807) is 0 Å². The molecule has 0 amide bonds. The molecule has 0 bridgehead atoms. The molecule has 1 heterocycles. The van der Waals surface area contributed by atoms with E-state index in [1.165, 1.54) is 0 Å². The highest BCUT2D eigenvalue weighted by Crippen LogP contribution is 2.11. The Morgan fingerprint density at radius 1 is 1.17 bits per heavy atom. The fourth-order valence-electron chi connectivity index (χ4n) is 2.05. The summed E-state index contributed by atoms with van der Waals surface area (Å²) < 4.78 is 5.44. The maximum absolute atomic E-state index is 9.64. The van der Waals surface area contributed by atoms with Gasteiger partial charge in [-0.25, -0.2) is 0 Å². The molecule has 1 unspecified atom stereocenters. The van der Waals surface area contributed by atoms with E-state index in [4.69, 9.17) is 9.84 Å². The van der Waals surface area contributed by atoms with Gasteiger partial charge >= 0.3 is 0 Å². The van der Waals surface area contributed by atoms with E-state index in [9.17, 15) is 15.3 Å². The van der Waals surface area contributed by atoms with Crippen molar-refractivity contribution in [3.8, 4) is 0 Å². The van der Waals surface area contributed by atoms with Gasteiger partial charge in [0.25, 0.3) is 0 Å². The first-order valence-electron chi connectivity index (χ1n) is 6.62. The standard InChI is InChI=1S/C12H25NO5/c14-6-4-11(16)12(17)10(15)3-5-13-8-9-2-1-7-18-9/h9-17H,1-8H2/t9-,10-,11+,12?/m0/s1. The third kappa shape index (κ3) is 5.60. The van der Waals surface area contributed by atoms with Crippen LogP contribution in [0.2, 0.25) is 0 Å². The Kier molecular flexibility index (Phi) is 7.73. The van der Waals surface area contributed by atoms with Crippen molar-refractivity contribution in [2.24, 2.45) is 0 Å². The van der Waals surface area contributed by atoms with Crippen molar-refractivity contribution in [2.45, 2.75) is 50.1 Å². The molecule has 0 radical (unpaired) electrons. The molecule has 6 nitrogen and oxygen atoms in total. The molecule has 18 heavy (non-hydrogen) atoms. The van der Waals surface area contributed by atoms with Crippen LogP contribution in [-0.4, -0.2) is 71.1 Å². The smallest absolute Gasteiger partial charge is 0.106 e. The Bertz CT molecular complexity index is 211. The molecule has 1 saturated heterocycles. The molecule has 0 saturated carbocycles. The number of hydrogen-bond donors (Lipinski definition) is 5. The van der Waals surface area contributed by atoms with Gasteiger partial charge in [0.2, 0.25) is 0 Å². The molecule has 1 aliphatic heterocycles. The van der Waals surface area contributed by atoms with Gasteiger partial charge in [0.05, 0.1) is 18.3 Å². The van der Waals surface area contributed by atoms with Crippen LogP contribution in [-0.2, 0) is 4.74 Å². The van der Waals surface area contributed by atoms with Crippen LogP contribution in [0.5, 0.6) is 0 Å². The van der Waals surface area contributed by atoms with Crippen LogP contribution in [0, 0.1) is 0 Å². The quantitative estimate of drug-likeness (QED) is 0.328. The zero-order valence-corrected chi connectivity index (χ0v) is 10.7. The molecule has 1 aliphatic rings. The van der Waals surface area contributed by atoms with Crippen molar-refractivity contribution >= 4 is 0 Å². The van der Waals surface area contributed by atoms with Gasteiger partial charge < -0.3 is 30.5 Å². The summed E-state index contributed by atoms with van der Waals surface area (Å²) in [5.41, 5.74) is 0. The van der Waals surface area contributed by atoms with Crippen molar-refractivity contribution in [3.05, 3.63) is 0 Å². The van der Waals surface area contributed by atoms with Crippen LogP contribution >= 0.6 is 0 Å². The minimum absolute atomic E-state index is 0.0710. The van der Waals surface area contributed by atoms with Gasteiger partial charge in [0.1, 0.15) is 6.10 Å². The minimum atomic E-state index is -1.21. The van der Waals surface area contributed by atoms with Crippen LogP contribution in [0.25, 0.3) is 0 Å². The Labute approximate surface area is 108 Å². The fraction of sp³-hybridized carbons (Fsp3) is 1.00. The Morgan fingerprint density at radius 3 is 2.50 bits per heavy atom. The third-order valence-corrected chi connectivity index (χ3v) is 3.23. The van der Waals surface area contributed by atoms with Gasteiger partial charge in [0, 0.05) is 19.8 Å². The molecule has 0 aromatic heterocycles. The Hall–Kier alpha value is -0.240. The van der Waals surface area contributed by atoms with Crippen molar-refractivity contribution in [1.29, 1.82) is 0 Å². The zero-order chi connectivity index (χ0) is 13.4. The van der Waals surface area contributed by atoms with Crippen LogP contribution < -0.4 is 5.32 Å². The SMILES string of the molecule is OCC[C@@H](O)C(O)[C@@H](O)CCNC[C@@H]1CCCO1. The summed E-state index contributed by atoms with van der Waals surface area (Å²) in [7, 11) is 0. The topological polar surface area (TPSA) is 102 Å². The predicted octanol–water partition coefficient (Wildman–Crippen LogP) is -1.39. The number of aliphatic hydroxyl groups excluding tert-OH is 4. The van der Waals surface area contributed by atoms with Gasteiger partial charge in [-0.2, -0.15) is 0 Å². The molecule has 5 N–H and O–H groups in total. The highest BCUT2D eigenvalue weighted by molar-refractivity contribution is 4.76. The third-order valence-electron chi connectivity index (χ3n) is 3.23. The molecular formula is C12H25NO5. The van der Waals surface area contributed by atoms with E-state index in [-0.39, 0.29) is 19.1 Å². The summed E-state index contributed by atoms with van der Waals surface area (Å²) in [6.45, 7) is 1.93. The zero-order valence-electron chi connectivity index (χ0n) is 10.7. The molecule has 0 aromatic carbocycles. The molecule has 0 spiro atoms. The monoisotopic (exact) mass is 263 g/mol. The average molecular weight is 263 g/mol. The fourth-order valence-corrected chi connectivity index (χ4v) is 2.05. The van der Waals surface area contributed by atoms with E-state index in [1.807, 2.05) is 0 Å². The van der Waals surface area contributed by atoms with Gasteiger partial charge in [-0.05, 0) is 32.2 Å². The average Bonchev–Trinajstić information content (AvgIpc) is 2.86. The number of ether oxygens (including phenoxy) is 1. The number of hydrogen-bond acceptors (Lipinski definition) is 6. The second kappa shape index (κ2) is 8.79. The van der Waals surface area contributed by atoms with Gasteiger partial charge in [-0.3, -0.25) is 0 Å². The lowest BCUT2D eigenvalue weighted by molar-refractivity contribution is -0.0676. The molecule has 6 heteroatoms. The molecule has 1 rings (SSSR count). The van der Waals surface area contributed by atoms with Crippen molar-refractivity contribution in [1.82, 2.24) is 5.32 Å². The normalized spacial score (nSPS) is 25.0. The van der Waals surface area contributed by atoms with Gasteiger partial charge in [-0.1, -0.05) is 0 Å². The van der Waals surface area contributed by atoms with Gasteiger partial charge in [-0.15, -0.1) is 0 Å². The number of aliphatic hydroxyl groups is 4. The summed E-state index contributed by atoms with van der Waals surface area (Å²) in [4.78, 5) is 0. The van der Waals surface area contributed by atoms with Crippen molar-refractivity contribution < 1.29 is 25.2 Å². The number of rotatable bonds is 9. The molecular weight excluding hydrogens is 238 g/mol. The van der Waals surface area contributed by atoms with E-state index >= 15 is 0 Å². The van der Waals surface area contributed by atoms with Gasteiger partial charge in [0.15, 0.2) is 0 Å². The number of nitrogens with one attached hydrogen (secondary N) is 1.